The number of hydrogen-bond acceptors (Lipinski definition) is 8. The molecule has 0 radical (unpaired) electrons. The largest absolute Gasteiger partial charge is 0.463 e. The van der Waals surface area contributed by atoms with Crippen LogP contribution in [0.15, 0.2) is 30.3 Å². The zero-order valence-corrected chi connectivity index (χ0v) is 24.5. The van der Waals surface area contributed by atoms with E-state index in [1.807, 2.05) is 57.5 Å². The second-order valence-electron chi connectivity index (χ2n) is 10.3. The number of nitrogens with zero attached hydrogens (tertiary/aromatic N) is 3. The molecule has 1 fully saturated rings. The number of aromatic nitrogens is 2. The van der Waals surface area contributed by atoms with Crippen molar-refractivity contribution in [2.24, 2.45) is 0 Å². The fraction of sp³-hybridized carbons (Fsp3) is 0.552. The molecule has 3 atom stereocenters. The summed E-state index contributed by atoms with van der Waals surface area (Å²) in [5.41, 5.74) is 3.25. The first-order chi connectivity index (χ1) is 17.9. The Bertz CT molecular complexity index is 1120. The fourth-order valence-corrected chi connectivity index (χ4v) is 4.51. The number of ether oxygens (including phenoxy) is 3. The number of carbonyl (C=O) groups excluding carboxylic acids is 1. The summed E-state index contributed by atoms with van der Waals surface area (Å²) in [5, 5.41) is 0. The van der Waals surface area contributed by atoms with Crippen molar-refractivity contribution in [2.75, 3.05) is 17.6 Å². The number of esters is 1. The summed E-state index contributed by atoms with van der Waals surface area (Å²) in [6.45, 7) is 11.7. The molecule has 38 heavy (non-hydrogen) atoms. The summed E-state index contributed by atoms with van der Waals surface area (Å²) in [5.74, 6) is -0.744. The molecule has 1 unspecified atom stereocenters. The molecule has 0 spiro atoms. The molecule has 0 saturated carbocycles. The van der Waals surface area contributed by atoms with Crippen molar-refractivity contribution in [3.8, 4) is 11.3 Å². The number of hydrogen-bond donors (Lipinski definition) is 0. The predicted molar refractivity (Wildman–Crippen MR) is 151 cm³/mol. The van der Waals surface area contributed by atoms with Crippen molar-refractivity contribution in [3.63, 3.8) is 0 Å². The Morgan fingerprint density at radius 2 is 1.92 bits per heavy atom. The summed E-state index contributed by atoms with van der Waals surface area (Å²) >= 11 is 1.51. The Kier molecular flexibility index (Phi) is 10.3. The van der Waals surface area contributed by atoms with Gasteiger partial charge >= 0.3 is 5.97 Å². The van der Waals surface area contributed by atoms with E-state index in [1.165, 1.54) is 24.1 Å². The molecule has 9 heteroatoms. The lowest BCUT2D eigenvalue weighted by Gasteiger charge is -2.39. The Labute approximate surface area is 230 Å². The first-order valence-corrected chi connectivity index (χ1v) is 14.3. The minimum absolute atomic E-state index is 0.112. The van der Waals surface area contributed by atoms with Gasteiger partial charge in [-0.15, -0.1) is 0 Å². The zero-order valence-electron chi connectivity index (χ0n) is 23.7. The van der Waals surface area contributed by atoms with Gasteiger partial charge < -0.3 is 14.2 Å². The van der Waals surface area contributed by atoms with E-state index in [-0.39, 0.29) is 42.4 Å². The van der Waals surface area contributed by atoms with Gasteiger partial charge in [0.2, 0.25) is 5.95 Å². The Morgan fingerprint density at radius 1 is 1.24 bits per heavy atom. The maximum Gasteiger partial charge on any atom is 0.308 e. The average molecular weight is 546 g/mol. The Morgan fingerprint density at radius 3 is 2.53 bits per heavy atom. The molecular weight excluding hydrogens is 505 g/mol. The van der Waals surface area contributed by atoms with E-state index < -0.39 is 5.79 Å². The van der Waals surface area contributed by atoms with E-state index in [4.69, 9.17) is 24.2 Å². The second-order valence-corrected chi connectivity index (χ2v) is 11.2. The van der Waals surface area contributed by atoms with Crippen LogP contribution in [0.5, 0.6) is 0 Å². The minimum Gasteiger partial charge on any atom is -0.463 e. The number of halogens is 1. The van der Waals surface area contributed by atoms with E-state index >= 15 is 0 Å². The van der Waals surface area contributed by atoms with Gasteiger partial charge in [0.25, 0.3) is 0 Å². The molecule has 208 valence electrons. The monoisotopic (exact) mass is 545 g/mol. The molecule has 1 saturated heterocycles. The van der Waals surface area contributed by atoms with E-state index in [1.54, 1.807) is 12.1 Å². The third kappa shape index (κ3) is 8.01. The summed E-state index contributed by atoms with van der Waals surface area (Å²) in [7, 11) is 1.92. The normalized spacial score (nSPS) is 20.1. The lowest BCUT2D eigenvalue weighted by atomic mass is 9.97. The van der Waals surface area contributed by atoms with Gasteiger partial charge in [0, 0.05) is 30.9 Å². The SMILES string of the molecule is CCC(C)OC(=O)C[C@H]1C[C@@H](/C=C/c2c(-c3ccc(F)cc3)nc(N(C)SC)nc2C(C)C)OC(C)(C)O1. The van der Waals surface area contributed by atoms with Crippen LogP contribution in [0.3, 0.4) is 0 Å². The van der Waals surface area contributed by atoms with Crippen LogP contribution in [0.4, 0.5) is 10.3 Å². The molecule has 0 amide bonds. The maximum atomic E-state index is 13.7. The Balaban J connectivity index is 1.97. The highest BCUT2D eigenvalue weighted by atomic mass is 32.2. The van der Waals surface area contributed by atoms with E-state index in [0.717, 1.165) is 28.9 Å². The van der Waals surface area contributed by atoms with Gasteiger partial charge in [0.15, 0.2) is 5.79 Å². The first kappa shape index (κ1) is 30.1. The van der Waals surface area contributed by atoms with Crippen LogP contribution in [-0.2, 0) is 19.0 Å². The molecular formula is C29H40FN3O4S. The lowest BCUT2D eigenvalue weighted by Crippen LogP contribution is -2.44. The van der Waals surface area contributed by atoms with Crippen molar-refractivity contribution >= 4 is 29.9 Å². The van der Waals surface area contributed by atoms with Crippen LogP contribution in [0, 0.1) is 5.82 Å². The first-order valence-electron chi connectivity index (χ1n) is 13.1. The van der Waals surface area contributed by atoms with Gasteiger partial charge in [0.05, 0.1) is 36.1 Å². The van der Waals surface area contributed by atoms with E-state index in [0.29, 0.717) is 12.4 Å². The lowest BCUT2D eigenvalue weighted by molar-refractivity contribution is -0.290. The highest BCUT2D eigenvalue weighted by molar-refractivity contribution is 7.99. The number of carbonyl (C=O) groups is 1. The van der Waals surface area contributed by atoms with Crippen LogP contribution in [0.2, 0.25) is 0 Å². The molecule has 0 aliphatic carbocycles. The van der Waals surface area contributed by atoms with Crippen molar-refractivity contribution < 1.29 is 23.4 Å². The standard InChI is InChI=1S/C29H40FN3O4S/c1-9-19(4)35-25(34)17-23-16-22(36-29(5,6)37-23)14-15-24-26(18(2)3)31-28(33(7)38-8)32-27(24)20-10-12-21(30)13-11-20/h10-15,18-19,22-23H,9,16-17H2,1-8H3/b15-14+/t19?,22-,23-/m1/s1. The molecule has 2 aromatic rings. The number of benzene rings is 1. The van der Waals surface area contributed by atoms with Crippen LogP contribution < -0.4 is 4.31 Å². The van der Waals surface area contributed by atoms with Crippen LogP contribution in [-0.4, -0.2) is 53.3 Å². The molecule has 7 nitrogen and oxygen atoms in total. The maximum absolute atomic E-state index is 13.7. The summed E-state index contributed by atoms with van der Waals surface area (Å²) in [4.78, 5) is 22.2. The van der Waals surface area contributed by atoms with E-state index in [2.05, 4.69) is 13.8 Å². The van der Waals surface area contributed by atoms with Crippen molar-refractivity contribution in [2.45, 2.75) is 90.8 Å². The molecule has 1 aromatic carbocycles. The summed E-state index contributed by atoms with van der Waals surface area (Å²) < 4.78 is 33.3. The molecule has 0 bridgehead atoms. The molecule has 1 aliphatic heterocycles. The average Bonchev–Trinajstić information content (AvgIpc) is 2.85. The van der Waals surface area contributed by atoms with Gasteiger partial charge in [-0.3, -0.25) is 9.10 Å². The van der Waals surface area contributed by atoms with Gasteiger partial charge in [-0.2, -0.15) is 0 Å². The molecule has 3 rings (SSSR count). The molecule has 1 aromatic heterocycles. The van der Waals surface area contributed by atoms with Gasteiger partial charge in [-0.05, 0) is 57.4 Å². The summed E-state index contributed by atoms with van der Waals surface area (Å²) in [6.07, 6.45) is 6.60. The van der Waals surface area contributed by atoms with Crippen molar-refractivity contribution in [1.82, 2.24) is 9.97 Å². The minimum atomic E-state index is -0.864. The topological polar surface area (TPSA) is 73.8 Å². The third-order valence-electron chi connectivity index (χ3n) is 6.34. The van der Waals surface area contributed by atoms with Gasteiger partial charge in [-0.1, -0.05) is 44.9 Å². The number of rotatable bonds is 10. The highest BCUT2D eigenvalue weighted by Crippen LogP contribution is 2.34. The van der Waals surface area contributed by atoms with E-state index in [9.17, 15) is 9.18 Å². The predicted octanol–water partition coefficient (Wildman–Crippen LogP) is 6.78. The van der Waals surface area contributed by atoms with Crippen LogP contribution in [0.25, 0.3) is 17.3 Å². The highest BCUT2D eigenvalue weighted by Gasteiger charge is 2.36. The quantitative estimate of drug-likeness (QED) is 0.239. The van der Waals surface area contributed by atoms with Gasteiger partial charge in [0.1, 0.15) is 5.82 Å². The van der Waals surface area contributed by atoms with Crippen molar-refractivity contribution in [1.29, 1.82) is 0 Å². The fourth-order valence-electron chi connectivity index (χ4n) is 4.27. The zero-order chi connectivity index (χ0) is 28.0. The van der Waals surface area contributed by atoms with Crippen molar-refractivity contribution in [3.05, 3.63) is 47.4 Å². The molecule has 1 aliphatic rings. The molecule has 2 heterocycles. The second kappa shape index (κ2) is 13.0. The number of anilines is 1. The smallest absolute Gasteiger partial charge is 0.308 e. The van der Waals surface area contributed by atoms with Crippen LogP contribution in [0.1, 0.15) is 78.0 Å². The summed E-state index contributed by atoms with van der Waals surface area (Å²) in [6, 6.07) is 6.33. The molecule has 0 N–H and O–H groups in total. The Hall–Kier alpha value is -2.49. The third-order valence-corrected chi connectivity index (χ3v) is 7.05. The van der Waals surface area contributed by atoms with Gasteiger partial charge in [-0.25, -0.2) is 14.4 Å². The van der Waals surface area contributed by atoms with Crippen LogP contribution >= 0.6 is 11.9 Å².